The number of hydrogen-bond donors (Lipinski definition) is 1. The number of nitrogens with zero attached hydrogens (tertiary/aromatic N) is 3. The molecule has 0 saturated carbocycles. The predicted molar refractivity (Wildman–Crippen MR) is 126 cm³/mol. The SMILES string of the molecule is CCCCSc1nc2n(n1)C(c1ccc(OC)c(OCC)c1)C(C(=O)OC(C)C)=C(C)N2. The molecule has 174 valence electrons. The number of nitrogens with one attached hydrogen (secondary N) is 1. The smallest absolute Gasteiger partial charge is 0.338 e. The Hall–Kier alpha value is -2.68. The van der Waals surface area contributed by atoms with Crippen LogP contribution in [0.3, 0.4) is 0 Å². The van der Waals surface area contributed by atoms with Gasteiger partial charge in [0.05, 0.1) is 25.4 Å². The third kappa shape index (κ3) is 5.20. The maximum absolute atomic E-state index is 13.1. The molecule has 1 N–H and O–H groups in total. The van der Waals surface area contributed by atoms with Gasteiger partial charge >= 0.3 is 5.97 Å². The minimum atomic E-state index is -0.504. The van der Waals surface area contributed by atoms with Gasteiger partial charge in [0.25, 0.3) is 0 Å². The Balaban J connectivity index is 2.09. The maximum atomic E-state index is 13.1. The van der Waals surface area contributed by atoms with Crippen molar-refractivity contribution in [1.82, 2.24) is 14.8 Å². The second-order valence-corrected chi connectivity index (χ2v) is 8.79. The van der Waals surface area contributed by atoms with Crippen LogP contribution < -0.4 is 14.8 Å². The summed E-state index contributed by atoms with van der Waals surface area (Å²) < 4.78 is 18.6. The number of esters is 1. The van der Waals surface area contributed by atoms with E-state index in [1.54, 1.807) is 23.6 Å². The van der Waals surface area contributed by atoms with Crippen molar-refractivity contribution in [2.75, 3.05) is 24.8 Å². The molecule has 1 atom stereocenters. The monoisotopic (exact) mass is 460 g/mol. The molecule has 3 rings (SSSR count). The molecule has 2 heterocycles. The Labute approximate surface area is 193 Å². The van der Waals surface area contributed by atoms with E-state index in [0.717, 1.165) is 24.2 Å². The Morgan fingerprint density at radius 1 is 1.28 bits per heavy atom. The van der Waals surface area contributed by atoms with E-state index >= 15 is 0 Å². The molecule has 0 radical (unpaired) electrons. The summed E-state index contributed by atoms with van der Waals surface area (Å²) in [6.07, 6.45) is 1.96. The lowest BCUT2D eigenvalue weighted by Gasteiger charge is -2.29. The Morgan fingerprint density at radius 3 is 2.72 bits per heavy atom. The van der Waals surface area contributed by atoms with Crippen molar-refractivity contribution in [1.29, 1.82) is 0 Å². The number of carbonyl (C=O) groups is 1. The average Bonchev–Trinajstić information content (AvgIpc) is 3.14. The van der Waals surface area contributed by atoms with Gasteiger partial charge < -0.3 is 19.5 Å². The second-order valence-electron chi connectivity index (χ2n) is 7.73. The van der Waals surface area contributed by atoms with Gasteiger partial charge in [0, 0.05) is 11.4 Å². The molecule has 1 aromatic carbocycles. The summed E-state index contributed by atoms with van der Waals surface area (Å²) in [4.78, 5) is 17.8. The van der Waals surface area contributed by atoms with Gasteiger partial charge in [0.2, 0.25) is 11.1 Å². The number of aromatic nitrogens is 3. The fraction of sp³-hybridized carbons (Fsp3) is 0.522. The first-order valence-corrected chi connectivity index (χ1v) is 12.0. The standard InChI is InChI=1S/C23H32N4O4S/c1-7-9-12-32-23-25-22-24-15(5)19(21(28)31-14(3)4)20(27(22)26-23)16-10-11-17(29-6)18(13-16)30-8-2/h10-11,13-14,20H,7-9,12H2,1-6H3,(H,24,25,26). The molecule has 0 saturated heterocycles. The third-order valence-corrected chi connectivity index (χ3v) is 5.85. The van der Waals surface area contributed by atoms with Gasteiger partial charge in [-0.25, -0.2) is 9.48 Å². The first-order chi connectivity index (χ1) is 15.4. The number of allylic oxidation sites excluding steroid dienone is 1. The van der Waals surface area contributed by atoms with E-state index in [0.29, 0.717) is 40.5 Å². The van der Waals surface area contributed by atoms with E-state index in [9.17, 15) is 4.79 Å². The van der Waals surface area contributed by atoms with Crippen LogP contribution >= 0.6 is 11.8 Å². The van der Waals surface area contributed by atoms with Crippen molar-refractivity contribution >= 4 is 23.7 Å². The summed E-state index contributed by atoms with van der Waals surface area (Å²) in [5.74, 6) is 2.40. The highest BCUT2D eigenvalue weighted by Gasteiger charge is 2.36. The summed E-state index contributed by atoms with van der Waals surface area (Å²) in [7, 11) is 1.60. The zero-order valence-electron chi connectivity index (χ0n) is 19.6. The highest BCUT2D eigenvalue weighted by Crippen LogP contribution is 2.40. The van der Waals surface area contributed by atoms with Crippen LogP contribution in [0.25, 0.3) is 0 Å². The largest absolute Gasteiger partial charge is 0.493 e. The van der Waals surface area contributed by atoms with Gasteiger partial charge in [-0.1, -0.05) is 31.2 Å². The summed E-state index contributed by atoms with van der Waals surface area (Å²) in [5, 5.41) is 8.65. The van der Waals surface area contributed by atoms with Crippen LogP contribution in [0.15, 0.2) is 34.6 Å². The van der Waals surface area contributed by atoms with Gasteiger partial charge in [-0.2, -0.15) is 4.98 Å². The molecular formula is C23H32N4O4S. The first-order valence-electron chi connectivity index (χ1n) is 11.0. The lowest BCUT2D eigenvalue weighted by atomic mass is 9.95. The van der Waals surface area contributed by atoms with Crippen molar-refractivity contribution in [3.05, 3.63) is 35.0 Å². The number of hydrogen-bond acceptors (Lipinski definition) is 8. The number of rotatable bonds is 10. The topological polar surface area (TPSA) is 87.5 Å². The zero-order valence-corrected chi connectivity index (χ0v) is 20.4. The van der Waals surface area contributed by atoms with E-state index in [-0.39, 0.29) is 12.1 Å². The highest BCUT2D eigenvalue weighted by atomic mass is 32.2. The summed E-state index contributed by atoms with van der Waals surface area (Å²) >= 11 is 1.61. The van der Waals surface area contributed by atoms with Crippen molar-refractivity contribution in [2.45, 2.75) is 64.8 Å². The number of methoxy groups -OCH3 is 1. The van der Waals surface area contributed by atoms with Gasteiger partial charge in [0.15, 0.2) is 11.5 Å². The van der Waals surface area contributed by atoms with Gasteiger partial charge in [-0.3, -0.25) is 0 Å². The number of unbranched alkanes of at least 4 members (excludes halogenated alkanes) is 1. The van der Waals surface area contributed by atoms with Gasteiger partial charge in [-0.15, -0.1) is 5.10 Å². The molecule has 2 aromatic rings. The number of thioether (sulfide) groups is 1. The number of benzene rings is 1. The minimum absolute atomic E-state index is 0.240. The molecule has 0 bridgehead atoms. The molecule has 1 aliphatic rings. The van der Waals surface area contributed by atoms with Gasteiger partial charge in [-0.05, 0) is 51.8 Å². The lowest BCUT2D eigenvalue weighted by Crippen LogP contribution is -2.30. The van der Waals surface area contributed by atoms with Crippen LogP contribution in [0, 0.1) is 0 Å². The molecule has 8 nitrogen and oxygen atoms in total. The number of carbonyl (C=O) groups excluding carboxylic acids is 1. The quantitative estimate of drug-likeness (QED) is 0.307. The molecule has 1 aliphatic heterocycles. The normalized spacial score (nSPS) is 15.4. The van der Waals surface area contributed by atoms with Crippen molar-refractivity contribution in [3.63, 3.8) is 0 Å². The van der Waals surface area contributed by atoms with Crippen molar-refractivity contribution in [3.8, 4) is 11.5 Å². The Kier molecular flexibility index (Phi) is 8.06. The van der Waals surface area contributed by atoms with Crippen molar-refractivity contribution < 1.29 is 19.0 Å². The predicted octanol–water partition coefficient (Wildman–Crippen LogP) is 4.82. The van der Waals surface area contributed by atoms with Gasteiger partial charge in [0.1, 0.15) is 6.04 Å². The molecule has 1 unspecified atom stereocenters. The van der Waals surface area contributed by atoms with Crippen LogP contribution in [0.4, 0.5) is 5.95 Å². The molecule has 0 aliphatic carbocycles. The zero-order chi connectivity index (χ0) is 23.3. The lowest BCUT2D eigenvalue weighted by molar-refractivity contribution is -0.143. The second kappa shape index (κ2) is 10.8. The molecule has 0 fully saturated rings. The maximum Gasteiger partial charge on any atom is 0.338 e. The van der Waals surface area contributed by atoms with E-state index in [2.05, 4.69) is 17.2 Å². The molecule has 0 amide bonds. The summed E-state index contributed by atoms with van der Waals surface area (Å²) in [6.45, 7) is 10.1. The number of anilines is 1. The van der Waals surface area contributed by atoms with E-state index < -0.39 is 6.04 Å². The van der Waals surface area contributed by atoms with E-state index in [4.69, 9.17) is 19.3 Å². The fourth-order valence-electron chi connectivity index (χ4n) is 3.48. The number of fused-ring (bicyclic) bond motifs is 1. The number of ether oxygens (including phenoxy) is 3. The average molecular weight is 461 g/mol. The van der Waals surface area contributed by atoms with Crippen molar-refractivity contribution in [2.24, 2.45) is 0 Å². The first kappa shape index (κ1) is 24.0. The molecular weight excluding hydrogens is 428 g/mol. The van der Waals surface area contributed by atoms with E-state index in [1.165, 1.54) is 0 Å². The highest BCUT2D eigenvalue weighted by molar-refractivity contribution is 7.99. The van der Waals surface area contributed by atoms with Crippen LogP contribution in [0.5, 0.6) is 11.5 Å². The minimum Gasteiger partial charge on any atom is -0.493 e. The van der Waals surface area contributed by atoms with Crippen LogP contribution in [-0.2, 0) is 9.53 Å². The van der Waals surface area contributed by atoms with Crippen LogP contribution in [-0.4, -0.2) is 46.3 Å². The fourth-order valence-corrected chi connectivity index (χ4v) is 4.39. The summed E-state index contributed by atoms with van der Waals surface area (Å²) in [6, 6.07) is 5.15. The third-order valence-electron chi connectivity index (χ3n) is 4.93. The molecule has 1 aromatic heterocycles. The Morgan fingerprint density at radius 2 is 2.06 bits per heavy atom. The molecule has 32 heavy (non-hydrogen) atoms. The Bertz CT molecular complexity index is 986. The molecule has 9 heteroatoms. The van der Waals surface area contributed by atoms with Crippen LogP contribution in [0.2, 0.25) is 0 Å². The van der Waals surface area contributed by atoms with Crippen LogP contribution in [0.1, 0.15) is 59.1 Å². The van der Waals surface area contributed by atoms with E-state index in [1.807, 2.05) is 45.9 Å². The molecule has 0 spiro atoms. The summed E-state index contributed by atoms with van der Waals surface area (Å²) in [5.41, 5.74) is 2.02.